The molecule has 0 aliphatic heterocycles. The van der Waals surface area contributed by atoms with Crippen LogP contribution in [-0.4, -0.2) is 40.1 Å². The molecule has 0 unspecified atom stereocenters. The summed E-state index contributed by atoms with van der Waals surface area (Å²) in [7, 11) is 0. The van der Waals surface area contributed by atoms with Crippen LogP contribution in [-0.2, 0) is 4.79 Å². The van der Waals surface area contributed by atoms with Gasteiger partial charge in [-0.2, -0.15) is 5.01 Å². The molecule has 0 heterocycles. The number of carbonyl (C=O) groups excluding carboxylic acids is 1. The fourth-order valence-electron chi connectivity index (χ4n) is 1.90. The van der Waals surface area contributed by atoms with Gasteiger partial charge in [-0.05, 0) is 12.8 Å². The third kappa shape index (κ3) is 3.06. The maximum absolute atomic E-state index is 11.6. The van der Waals surface area contributed by atoms with Crippen molar-refractivity contribution in [3.05, 3.63) is 4.91 Å². The molecule has 0 aromatic rings. The molecule has 0 atom stereocenters. The molecular formula is C9H14ClN3O4. The van der Waals surface area contributed by atoms with Gasteiger partial charge in [0.2, 0.25) is 0 Å². The predicted octanol–water partition coefficient (Wildman–Crippen LogP) is 1.32. The first-order valence-electron chi connectivity index (χ1n) is 5.28. The average molecular weight is 264 g/mol. The van der Waals surface area contributed by atoms with E-state index in [4.69, 9.17) is 16.7 Å². The fraction of sp³-hybridized carbons (Fsp3) is 0.778. The third-order valence-corrected chi connectivity index (χ3v) is 3.01. The number of amides is 2. The fourth-order valence-corrected chi connectivity index (χ4v) is 2.06. The molecule has 0 bridgehead atoms. The first-order chi connectivity index (χ1) is 8.05. The van der Waals surface area contributed by atoms with Gasteiger partial charge in [-0.25, -0.2) is 9.59 Å². The zero-order valence-electron chi connectivity index (χ0n) is 9.19. The minimum absolute atomic E-state index is 0.0490. The molecule has 1 rings (SSSR count). The average Bonchev–Trinajstić information content (AvgIpc) is 2.75. The number of carbonyl (C=O) groups is 2. The highest BCUT2D eigenvalue weighted by atomic mass is 35.5. The van der Waals surface area contributed by atoms with Crippen molar-refractivity contribution in [2.45, 2.75) is 31.2 Å². The summed E-state index contributed by atoms with van der Waals surface area (Å²) in [6.07, 6.45) is 2.19. The van der Waals surface area contributed by atoms with Crippen molar-refractivity contribution in [3.8, 4) is 0 Å². The summed E-state index contributed by atoms with van der Waals surface area (Å²) in [6, 6.07) is -0.815. The molecule has 1 fully saturated rings. The lowest BCUT2D eigenvalue weighted by molar-refractivity contribution is -0.144. The van der Waals surface area contributed by atoms with E-state index in [9.17, 15) is 14.5 Å². The van der Waals surface area contributed by atoms with Gasteiger partial charge >= 0.3 is 12.0 Å². The normalized spacial score (nSPS) is 17.5. The number of rotatable bonds is 5. The molecule has 0 aromatic carbocycles. The van der Waals surface area contributed by atoms with Crippen LogP contribution in [0.15, 0.2) is 5.29 Å². The Bertz CT molecular complexity index is 317. The number of nitroso groups, excluding NO2 is 1. The summed E-state index contributed by atoms with van der Waals surface area (Å²) in [6.45, 7) is -0.0490. The molecule has 0 spiro atoms. The Morgan fingerprint density at radius 3 is 2.41 bits per heavy atom. The molecule has 2 N–H and O–H groups in total. The van der Waals surface area contributed by atoms with E-state index >= 15 is 0 Å². The molecule has 96 valence electrons. The Morgan fingerprint density at radius 2 is 2.00 bits per heavy atom. The number of nitrogens with zero attached hydrogens (tertiary/aromatic N) is 2. The number of halogens is 1. The van der Waals surface area contributed by atoms with Crippen molar-refractivity contribution in [2.24, 2.45) is 5.29 Å². The quantitative estimate of drug-likeness (QED) is 0.444. The van der Waals surface area contributed by atoms with Crippen molar-refractivity contribution >= 4 is 23.6 Å². The van der Waals surface area contributed by atoms with E-state index in [2.05, 4.69) is 10.6 Å². The Labute approximate surface area is 103 Å². The van der Waals surface area contributed by atoms with Crippen molar-refractivity contribution in [2.75, 3.05) is 12.4 Å². The second kappa shape index (κ2) is 5.81. The second-order valence-electron chi connectivity index (χ2n) is 3.92. The van der Waals surface area contributed by atoms with Crippen LogP contribution >= 0.6 is 11.6 Å². The van der Waals surface area contributed by atoms with Crippen molar-refractivity contribution in [1.82, 2.24) is 10.3 Å². The van der Waals surface area contributed by atoms with Gasteiger partial charge in [0.05, 0.1) is 11.8 Å². The summed E-state index contributed by atoms with van der Waals surface area (Å²) in [5.74, 6) is -1.03. The molecule has 17 heavy (non-hydrogen) atoms. The molecular weight excluding hydrogens is 250 g/mol. The summed E-state index contributed by atoms with van der Waals surface area (Å²) in [5, 5.41) is 14.6. The molecule has 0 aromatic heterocycles. The van der Waals surface area contributed by atoms with Crippen LogP contribution in [0, 0.1) is 4.91 Å². The van der Waals surface area contributed by atoms with E-state index in [0.717, 1.165) is 12.8 Å². The zero-order chi connectivity index (χ0) is 12.9. The maximum atomic E-state index is 11.6. The van der Waals surface area contributed by atoms with E-state index in [-0.39, 0.29) is 12.4 Å². The first-order valence-corrected chi connectivity index (χ1v) is 5.81. The van der Waals surface area contributed by atoms with E-state index in [1.54, 1.807) is 0 Å². The number of nitrogens with one attached hydrogen (secondary N) is 1. The van der Waals surface area contributed by atoms with E-state index < -0.39 is 17.5 Å². The Hall–Kier alpha value is -1.37. The number of urea groups is 1. The number of alkyl halides is 1. The van der Waals surface area contributed by atoms with Gasteiger partial charge in [0.1, 0.15) is 5.54 Å². The highest BCUT2D eigenvalue weighted by Crippen LogP contribution is 2.30. The van der Waals surface area contributed by atoms with Gasteiger partial charge in [-0.1, -0.05) is 12.8 Å². The minimum atomic E-state index is -1.27. The van der Waals surface area contributed by atoms with Crippen LogP contribution < -0.4 is 5.32 Å². The van der Waals surface area contributed by atoms with Crippen LogP contribution in [0.3, 0.4) is 0 Å². The molecule has 1 aliphatic rings. The van der Waals surface area contributed by atoms with Crippen LogP contribution in [0.2, 0.25) is 0 Å². The van der Waals surface area contributed by atoms with Crippen molar-refractivity contribution in [3.63, 3.8) is 0 Å². The minimum Gasteiger partial charge on any atom is -0.480 e. The maximum Gasteiger partial charge on any atom is 0.341 e. The largest absolute Gasteiger partial charge is 0.480 e. The summed E-state index contributed by atoms with van der Waals surface area (Å²) in [5.41, 5.74) is -1.27. The molecule has 7 nitrogen and oxygen atoms in total. The summed E-state index contributed by atoms with van der Waals surface area (Å²) in [4.78, 5) is 33.2. The SMILES string of the molecule is O=NN(CCCl)C(=O)NC1(C(=O)O)CCCC1. The van der Waals surface area contributed by atoms with Gasteiger partial charge in [-0.15, -0.1) is 16.5 Å². The van der Waals surface area contributed by atoms with Crippen LogP contribution in [0.1, 0.15) is 25.7 Å². The molecule has 2 amide bonds. The number of hydrogen-bond donors (Lipinski definition) is 2. The highest BCUT2D eigenvalue weighted by Gasteiger charge is 2.43. The lowest BCUT2D eigenvalue weighted by Crippen LogP contribution is -2.55. The lowest BCUT2D eigenvalue weighted by Gasteiger charge is -2.26. The summed E-state index contributed by atoms with van der Waals surface area (Å²) < 4.78 is 0. The van der Waals surface area contributed by atoms with E-state index in [1.807, 2.05) is 0 Å². The summed E-state index contributed by atoms with van der Waals surface area (Å²) >= 11 is 5.40. The van der Waals surface area contributed by atoms with Crippen LogP contribution in [0.25, 0.3) is 0 Å². The van der Waals surface area contributed by atoms with Crippen molar-refractivity contribution in [1.29, 1.82) is 0 Å². The topological polar surface area (TPSA) is 99.1 Å². The van der Waals surface area contributed by atoms with E-state index in [0.29, 0.717) is 17.9 Å². The Balaban J connectivity index is 2.70. The van der Waals surface area contributed by atoms with Crippen LogP contribution in [0.4, 0.5) is 4.79 Å². The molecule has 1 saturated carbocycles. The van der Waals surface area contributed by atoms with E-state index in [1.165, 1.54) is 0 Å². The highest BCUT2D eigenvalue weighted by molar-refractivity contribution is 6.18. The molecule has 1 aliphatic carbocycles. The standard InChI is InChI=1S/C9H14ClN3O4/c10-5-6-13(12-17)8(16)11-9(7(14)15)3-1-2-4-9/h1-6H2,(H,11,16)(H,14,15). The first kappa shape index (κ1) is 13.7. The molecule has 0 saturated heterocycles. The molecule has 0 radical (unpaired) electrons. The monoisotopic (exact) mass is 263 g/mol. The Morgan fingerprint density at radius 1 is 1.41 bits per heavy atom. The second-order valence-corrected chi connectivity index (χ2v) is 4.30. The third-order valence-electron chi connectivity index (χ3n) is 2.84. The van der Waals surface area contributed by atoms with Crippen molar-refractivity contribution < 1.29 is 14.7 Å². The van der Waals surface area contributed by atoms with Gasteiger partial charge in [0, 0.05) is 5.88 Å². The number of aliphatic carboxylic acids is 1. The van der Waals surface area contributed by atoms with Gasteiger partial charge in [0.15, 0.2) is 0 Å². The van der Waals surface area contributed by atoms with Gasteiger partial charge < -0.3 is 10.4 Å². The predicted molar refractivity (Wildman–Crippen MR) is 60.6 cm³/mol. The zero-order valence-corrected chi connectivity index (χ0v) is 9.94. The lowest BCUT2D eigenvalue weighted by atomic mass is 9.98. The number of hydrogen-bond acceptors (Lipinski definition) is 4. The van der Waals surface area contributed by atoms with Crippen LogP contribution in [0.5, 0.6) is 0 Å². The Kier molecular flexibility index (Phi) is 4.68. The smallest absolute Gasteiger partial charge is 0.341 e. The number of carboxylic acids is 1. The number of carboxylic acid groups (broad SMARTS) is 1. The van der Waals surface area contributed by atoms with Gasteiger partial charge in [-0.3, -0.25) is 0 Å². The van der Waals surface area contributed by atoms with Gasteiger partial charge in [0.25, 0.3) is 0 Å². The molecule has 8 heteroatoms.